The number of nitrogens with one attached hydrogen (secondary N) is 1. The summed E-state index contributed by atoms with van der Waals surface area (Å²) in [5.74, 6) is -0.0589. The Kier molecular flexibility index (Phi) is 3.85. The fraction of sp³-hybridized carbons (Fsp3) is 0.462. The number of hydrogen-bond acceptors (Lipinski definition) is 4. The maximum atomic E-state index is 12.4. The van der Waals surface area contributed by atoms with E-state index in [2.05, 4.69) is 5.32 Å². The van der Waals surface area contributed by atoms with Gasteiger partial charge in [-0.25, -0.2) is 0 Å². The number of piperazine rings is 1. The Bertz CT molecular complexity index is 552. The standard InChI is InChI=1S/C13H14F3N3OS/c14-13(15,16)21-10-3-1-2-9(6-10)19-8-18-5-4-17-7-11(18)12(19)20/h1-3,6,11,17H,4-5,7-8H2. The summed E-state index contributed by atoms with van der Waals surface area (Å²) in [4.78, 5) is 16.0. The van der Waals surface area contributed by atoms with Crippen LogP contribution in [0.15, 0.2) is 29.2 Å². The number of nitrogens with zero attached hydrogens (tertiary/aromatic N) is 2. The summed E-state index contributed by atoms with van der Waals surface area (Å²) in [5, 5.41) is 3.16. The largest absolute Gasteiger partial charge is 0.446 e. The normalized spacial score (nSPS) is 23.5. The molecule has 1 atom stereocenters. The smallest absolute Gasteiger partial charge is 0.313 e. The molecule has 0 aliphatic carbocycles. The highest BCUT2D eigenvalue weighted by atomic mass is 32.2. The molecule has 2 saturated heterocycles. The van der Waals surface area contributed by atoms with E-state index in [-0.39, 0.29) is 28.6 Å². The van der Waals surface area contributed by atoms with E-state index < -0.39 is 5.51 Å². The number of benzene rings is 1. The number of thioether (sulfide) groups is 1. The first-order valence-electron chi connectivity index (χ1n) is 6.56. The molecule has 0 bridgehead atoms. The lowest BCUT2D eigenvalue weighted by Crippen LogP contribution is -2.50. The third kappa shape index (κ3) is 3.17. The van der Waals surface area contributed by atoms with Gasteiger partial charge in [-0.3, -0.25) is 14.6 Å². The predicted molar refractivity (Wildman–Crippen MR) is 74.1 cm³/mol. The molecule has 8 heteroatoms. The molecule has 4 nitrogen and oxygen atoms in total. The maximum absolute atomic E-state index is 12.4. The Morgan fingerprint density at radius 1 is 1.33 bits per heavy atom. The van der Waals surface area contributed by atoms with Crippen molar-refractivity contribution in [1.29, 1.82) is 0 Å². The topological polar surface area (TPSA) is 35.6 Å². The van der Waals surface area contributed by atoms with Crippen LogP contribution in [0.2, 0.25) is 0 Å². The van der Waals surface area contributed by atoms with Gasteiger partial charge in [0.05, 0.1) is 6.67 Å². The van der Waals surface area contributed by atoms with Crippen molar-refractivity contribution in [2.45, 2.75) is 16.4 Å². The highest BCUT2D eigenvalue weighted by Gasteiger charge is 2.40. The SMILES string of the molecule is O=C1C2CNCCN2CN1c1cccc(SC(F)(F)F)c1. The Morgan fingerprint density at radius 2 is 2.14 bits per heavy atom. The molecule has 114 valence electrons. The summed E-state index contributed by atoms with van der Waals surface area (Å²) in [6, 6.07) is 5.83. The fourth-order valence-electron chi connectivity index (χ4n) is 2.65. The van der Waals surface area contributed by atoms with E-state index in [1.165, 1.54) is 12.1 Å². The van der Waals surface area contributed by atoms with Crippen molar-refractivity contribution in [3.05, 3.63) is 24.3 Å². The minimum Gasteiger partial charge on any atom is -0.313 e. The van der Waals surface area contributed by atoms with Crippen LogP contribution in [0.25, 0.3) is 0 Å². The zero-order valence-corrected chi connectivity index (χ0v) is 11.9. The number of carbonyl (C=O) groups excluding carboxylic acids is 1. The van der Waals surface area contributed by atoms with Crippen LogP contribution in [0.4, 0.5) is 18.9 Å². The second-order valence-electron chi connectivity index (χ2n) is 4.99. The van der Waals surface area contributed by atoms with Crippen LogP contribution in [0.1, 0.15) is 0 Å². The predicted octanol–water partition coefficient (Wildman–Crippen LogP) is 1.88. The molecule has 3 rings (SSSR count). The van der Waals surface area contributed by atoms with Crippen molar-refractivity contribution in [2.24, 2.45) is 0 Å². The van der Waals surface area contributed by atoms with Gasteiger partial charge in [-0.15, -0.1) is 0 Å². The summed E-state index contributed by atoms with van der Waals surface area (Å²) >= 11 is -0.164. The molecule has 1 amide bonds. The first kappa shape index (κ1) is 14.7. The minimum atomic E-state index is -4.32. The van der Waals surface area contributed by atoms with E-state index in [4.69, 9.17) is 0 Å². The van der Waals surface area contributed by atoms with Crippen molar-refractivity contribution < 1.29 is 18.0 Å². The van der Waals surface area contributed by atoms with Crippen LogP contribution in [0.3, 0.4) is 0 Å². The third-order valence-corrected chi connectivity index (χ3v) is 4.31. The van der Waals surface area contributed by atoms with Crippen LogP contribution in [-0.4, -0.2) is 48.7 Å². The molecule has 2 heterocycles. The first-order chi connectivity index (χ1) is 9.94. The van der Waals surface area contributed by atoms with Gasteiger partial charge >= 0.3 is 5.51 Å². The number of hydrogen-bond donors (Lipinski definition) is 1. The summed E-state index contributed by atoms with van der Waals surface area (Å²) in [6.07, 6.45) is 0. The van der Waals surface area contributed by atoms with Crippen molar-refractivity contribution in [2.75, 3.05) is 31.2 Å². The van der Waals surface area contributed by atoms with Crippen LogP contribution in [0.5, 0.6) is 0 Å². The molecule has 0 radical (unpaired) electrons. The molecule has 0 aromatic heterocycles. The third-order valence-electron chi connectivity index (χ3n) is 3.59. The quantitative estimate of drug-likeness (QED) is 0.845. The van der Waals surface area contributed by atoms with Gasteiger partial charge in [0.25, 0.3) is 0 Å². The zero-order valence-electron chi connectivity index (χ0n) is 11.1. The highest BCUT2D eigenvalue weighted by Crippen LogP contribution is 2.38. The van der Waals surface area contributed by atoms with Crippen LogP contribution in [0, 0.1) is 0 Å². The average Bonchev–Trinajstić information content (AvgIpc) is 2.75. The molecular weight excluding hydrogens is 303 g/mol. The molecular formula is C13H14F3N3OS. The second kappa shape index (κ2) is 5.51. The molecule has 0 spiro atoms. The lowest BCUT2D eigenvalue weighted by atomic mass is 10.2. The zero-order chi connectivity index (χ0) is 15.0. The number of alkyl halides is 3. The number of rotatable bonds is 2. The molecule has 1 N–H and O–H groups in total. The summed E-state index contributed by atoms with van der Waals surface area (Å²) in [7, 11) is 0. The monoisotopic (exact) mass is 317 g/mol. The van der Waals surface area contributed by atoms with E-state index in [0.717, 1.165) is 13.1 Å². The summed E-state index contributed by atoms with van der Waals surface area (Å²) < 4.78 is 37.3. The number of fused-ring (bicyclic) bond motifs is 1. The lowest BCUT2D eigenvalue weighted by Gasteiger charge is -2.26. The van der Waals surface area contributed by atoms with Gasteiger partial charge in [-0.05, 0) is 30.0 Å². The first-order valence-corrected chi connectivity index (χ1v) is 7.38. The van der Waals surface area contributed by atoms with E-state index in [1.807, 2.05) is 4.90 Å². The van der Waals surface area contributed by atoms with Gasteiger partial charge in [0.1, 0.15) is 6.04 Å². The Labute approximate surface area is 124 Å². The van der Waals surface area contributed by atoms with Gasteiger partial charge in [0.15, 0.2) is 0 Å². The minimum absolute atomic E-state index is 0.0589. The molecule has 1 aromatic carbocycles. The average molecular weight is 317 g/mol. The van der Waals surface area contributed by atoms with Gasteiger partial charge in [0, 0.05) is 30.2 Å². The molecule has 1 unspecified atom stereocenters. The lowest BCUT2D eigenvalue weighted by molar-refractivity contribution is -0.120. The van der Waals surface area contributed by atoms with Crippen LogP contribution >= 0.6 is 11.8 Å². The Hall–Kier alpha value is -1.25. The van der Waals surface area contributed by atoms with Crippen molar-refractivity contribution >= 4 is 23.4 Å². The van der Waals surface area contributed by atoms with Gasteiger partial charge in [-0.2, -0.15) is 13.2 Å². The van der Waals surface area contributed by atoms with Crippen LogP contribution < -0.4 is 10.2 Å². The van der Waals surface area contributed by atoms with Crippen molar-refractivity contribution in [3.63, 3.8) is 0 Å². The number of amides is 1. The number of halogens is 3. The molecule has 0 saturated carbocycles. The Morgan fingerprint density at radius 3 is 2.86 bits per heavy atom. The fourth-order valence-corrected chi connectivity index (χ4v) is 3.24. The van der Waals surface area contributed by atoms with Gasteiger partial charge in [-0.1, -0.05) is 6.07 Å². The van der Waals surface area contributed by atoms with E-state index in [0.29, 0.717) is 18.9 Å². The van der Waals surface area contributed by atoms with Crippen molar-refractivity contribution in [3.8, 4) is 0 Å². The number of anilines is 1. The molecule has 2 fully saturated rings. The van der Waals surface area contributed by atoms with Gasteiger partial charge < -0.3 is 5.32 Å². The van der Waals surface area contributed by atoms with E-state index in [9.17, 15) is 18.0 Å². The van der Waals surface area contributed by atoms with Crippen LogP contribution in [-0.2, 0) is 4.79 Å². The van der Waals surface area contributed by atoms with E-state index in [1.54, 1.807) is 17.0 Å². The highest BCUT2D eigenvalue weighted by molar-refractivity contribution is 8.00. The van der Waals surface area contributed by atoms with E-state index >= 15 is 0 Å². The van der Waals surface area contributed by atoms with Gasteiger partial charge in [0.2, 0.25) is 5.91 Å². The molecule has 21 heavy (non-hydrogen) atoms. The molecule has 2 aliphatic heterocycles. The maximum Gasteiger partial charge on any atom is 0.446 e. The summed E-state index contributed by atoms with van der Waals surface area (Å²) in [5.41, 5.74) is -3.81. The Balaban J connectivity index is 1.81. The number of carbonyl (C=O) groups is 1. The summed E-state index contributed by atoms with van der Waals surface area (Å²) in [6.45, 7) is 2.61. The second-order valence-corrected chi connectivity index (χ2v) is 6.12. The molecule has 1 aromatic rings. The van der Waals surface area contributed by atoms with Crippen molar-refractivity contribution in [1.82, 2.24) is 10.2 Å². The molecule has 2 aliphatic rings.